The minimum absolute atomic E-state index is 0.0377. The molecule has 0 radical (unpaired) electrons. The number of carbonyl (C=O) groups is 1. The average Bonchev–Trinajstić information content (AvgIpc) is 3.21. The Morgan fingerprint density at radius 1 is 1.09 bits per heavy atom. The van der Waals surface area contributed by atoms with E-state index in [0.717, 1.165) is 35.7 Å². The molecule has 2 aromatic heterocycles. The standard InChI is InChI=1S/C26H25F2N5O/c1-14(26(34)31-17-5-3-15(4-6-17)16-11-30-32(2)12-16)25-19-7-18(8-20(19)25)33-13-29-23-9-21(27)22(28)10-24(23)33/h3-6,9-14,18-20,25H,7-8H2,1-2H3,(H,31,34)/t14-,18?,19-,20+,25?/m0/s1. The number of amides is 1. The maximum Gasteiger partial charge on any atom is 0.227 e. The summed E-state index contributed by atoms with van der Waals surface area (Å²) in [6, 6.07) is 10.4. The van der Waals surface area contributed by atoms with E-state index in [1.807, 2.05) is 55.2 Å². The monoisotopic (exact) mass is 461 g/mol. The summed E-state index contributed by atoms with van der Waals surface area (Å²) in [5.41, 5.74) is 3.97. The molecule has 174 valence electrons. The van der Waals surface area contributed by atoms with Crippen LogP contribution in [0.1, 0.15) is 25.8 Å². The zero-order valence-electron chi connectivity index (χ0n) is 19.0. The predicted octanol–water partition coefficient (Wildman–Crippen LogP) is 5.19. The molecule has 2 fully saturated rings. The molecule has 2 saturated carbocycles. The third-order valence-corrected chi connectivity index (χ3v) is 7.68. The van der Waals surface area contributed by atoms with Gasteiger partial charge in [-0.3, -0.25) is 9.48 Å². The summed E-state index contributed by atoms with van der Waals surface area (Å²) < 4.78 is 31.0. The van der Waals surface area contributed by atoms with E-state index in [0.29, 0.717) is 28.8 Å². The van der Waals surface area contributed by atoms with Gasteiger partial charge in [0.2, 0.25) is 5.91 Å². The van der Waals surface area contributed by atoms with Gasteiger partial charge in [-0.05, 0) is 48.3 Å². The second kappa shape index (κ2) is 7.75. The summed E-state index contributed by atoms with van der Waals surface area (Å²) >= 11 is 0. The van der Waals surface area contributed by atoms with Crippen LogP contribution in [0.15, 0.2) is 55.1 Å². The molecule has 0 spiro atoms. The van der Waals surface area contributed by atoms with E-state index in [2.05, 4.69) is 15.4 Å². The van der Waals surface area contributed by atoms with Gasteiger partial charge in [-0.2, -0.15) is 5.10 Å². The average molecular weight is 462 g/mol. The molecule has 2 unspecified atom stereocenters. The number of fused-ring (bicyclic) bond motifs is 2. The third-order valence-electron chi connectivity index (χ3n) is 7.68. The van der Waals surface area contributed by atoms with Crippen LogP contribution in [-0.2, 0) is 11.8 Å². The van der Waals surface area contributed by atoms with E-state index in [-0.39, 0.29) is 17.9 Å². The molecule has 2 heterocycles. The summed E-state index contributed by atoms with van der Waals surface area (Å²) in [5.74, 6) is -0.471. The fraction of sp³-hybridized carbons (Fsp3) is 0.346. The molecule has 2 aromatic carbocycles. The molecule has 2 aliphatic rings. The molecular formula is C26H25F2N5O. The van der Waals surface area contributed by atoms with Crippen molar-refractivity contribution in [2.75, 3.05) is 5.32 Å². The van der Waals surface area contributed by atoms with Crippen LogP contribution in [0.3, 0.4) is 0 Å². The molecule has 2 aliphatic carbocycles. The maximum atomic E-state index is 13.8. The molecule has 8 heteroatoms. The van der Waals surface area contributed by atoms with Gasteiger partial charge in [0, 0.05) is 48.6 Å². The molecule has 1 N–H and O–H groups in total. The zero-order chi connectivity index (χ0) is 23.6. The second-order valence-corrected chi connectivity index (χ2v) is 9.70. The molecular weight excluding hydrogens is 436 g/mol. The van der Waals surface area contributed by atoms with Crippen molar-refractivity contribution in [3.05, 3.63) is 66.8 Å². The summed E-state index contributed by atoms with van der Waals surface area (Å²) in [5, 5.41) is 7.25. The maximum absolute atomic E-state index is 13.8. The van der Waals surface area contributed by atoms with E-state index >= 15 is 0 Å². The number of anilines is 1. The number of halogens is 2. The van der Waals surface area contributed by atoms with Gasteiger partial charge in [0.1, 0.15) is 0 Å². The third kappa shape index (κ3) is 3.48. The number of imidazole rings is 1. The number of hydrogen-bond donors (Lipinski definition) is 1. The first kappa shape index (κ1) is 21.0. The molecule has 4 aromatic rings. The molecule has 34 heavy (non-hydrogen) atoms. The van der Waals surface area contributed by atoms with Crippen LogP contribution >= 0.6 is 0 Å². The Labute approximate surface area is 195 Å². The Morgan fingerprint density at radius 3 is 2.47 bits per heavy atom. The lowest BCUT2D eigenvalue weighted by molar-refractivity contribution is -0.120. The van der Waals surface area contributed by atoms with Crippen molar-refractivity contribution in [1.82, 2.24) is 19.3 Å². The SMILES string of the molecule is C[C@H](C(=O)Nc1ccc(-c2cnn(C)c2)cc1)C1[C@H]2CC(n3cnc4cc(F)c(F)cc43)C[C@@H]12. The first-order valence-corrected chi connectivity index (χ1v) is 11.6. The van der Waals surface area contributed by atoms with Crippen molar-refractivity contribution < 1.29 is 13.6 Å². The van der Waals surface area contributed by atoms with Crippen molar-refractivity contribution in [2.45, 2.75) is 25.8 Å². The van der Waals surface area contributed by atoms with Crippen molar-refractivity contribution in [1.29, 1.82) is 0 Å². The summed E-state index contributed by atoms with van der Waals surface area (Å²) in [4.78, 5) is 17.2. The first-order chi connectivity index (χ1) is 16.4. The smallest absolute Gasteiger partial charge is 0.227 e. The number of nitrogens with zero attached hydrogens (tertiary/aromatic N) is 4. The van der Waals surface area contributed by atoms with E-state index in [9.17, 15) is 13.6 Å². The van der Waals surface area contributed by atoms with Crippen molar-refractivity contribution >= 4 is 22.6 Å². The fourth-order valence-electron chi connectivity index (χ4n) is 5.89. The van der Waals surface area contributed by atoms with Gasteiger partial charge in [-0.15, -0.1) is 0 Å². The highest BCUT2D eigenvalue weighted by atomic mass is 19.2. The van der Waals surface area contributed by atoms with Gasteiger partial charge in [0.25, 0.3) is 0 Å². The fourth-order valence-corrected chi connectivity index (χ4v) is 5.89. The number of carbonyl (C=O) groups excluding carboxylic acids is 1. The normalized spacial score (nSPS) is 24.2. The summed E-state index contributed by atoms with van der Waals surface area (Å²) in [6.45, 7) is 2.00. The number of aromatic nitrogens is 4. The van der Waals surface area contributed by atoms with Crippen LogP contribution in [0, 0.1) is 35.3 Å². The molecule has 0 saturated heterocycles. The van der Waals surface area contributed by atoms with Crippen LogP contribution in [0.25, 0.3) is 22.2 Å². The largest absolute Gasteiger partial charge is 0.327 e. The topological polar surface area (TPSA) is 64.7 Å². The van der Waals surface area contributed by atoms with Gasteiger partial charge in [-0.1, -0.05) is 19.1 Å². The van der Waals surface area contributed by atoms with Gasteiger partial charge in [-0.25, -0.2) is 13.8 Å². The van der Waals surface area contributed by atoms with Crippen molar-refractivity contribution in [3.8, 4) is 11.1 Å². The quantitative estimate of drug-likeness (QED) is 0.445. The highest BCUT2D eigenvalue weighted by Crippen LogP contribution is 2.64. The first-order valence-electron chi connectivity index (χ1n) is 11.6. The molecule has 5 atom stereocenters. The Hall–Kier alpha value is -3.55. The van der Waals surface area contributed by atoms with Gasteiger partial charge in [0.05, 0.1) is 23.6 Å². The number of rotatable bonds is 5. The van der Waals surface area contributed by atoms with Crippen LogP contribution in [0.5, 0.6) is 0 Å². The molecule has 0 aliphatic heterocycles. The van der Waals surface area contributed by atoms with Crippen molar-refractivity contribution in [3.63, 3.8) is 0 Å². The Bertz CT molecular complexity index is 1380. The lowest BCUT2D eigenvalue weighted by Gasteiger charge is -2.20. The van der Waals surface area contributed by atoms with Crippen molar-refractivity contribution in [2.24, 2.45) is 30.7 Å². The van der Waals surface area contributed by atoms with E-state index in [1.165, 1.54) is 6.07 Å². The Balaban J connectivity index is 1.08. The minimum atomic E-state index is -0.876. The molecule has 6 nitrogen and oxygen atoms in total. The van der Waals surface area contributed by atoms with Gasteiger partial charge < -0.3 is 9.88 Å². The highest BCUT2D eigenvalue weighted by Gasteiger charge is 2.59. The Kier molecular flexibility index (Phi) is 4.79. The lowest BCUT2D eigenvalue weighted by Crippen LogP contribution is -2.24. The van der Waals surface area contributed by atoms with Crippen LogP contribution in [0.4, 0.5) is 14.5 Å². The number of benzene rings is 2. The summed E-state index contributed by atoms with van der Waals surface area (Å²) in [7, 11) is 1.88. The van der Waals surface area contributed by atoms with E-state index in [1.54, 1.807) is 11.0 Å². The van der Waals surface area contributed by atoms with Gasteiger partial charge in [0.15, 0.2) is 11.6 Å². The highest BCUT2D eigenvalue weighted by molar-refractivity contribution is 5.93. The van der Waals surface area contributed by atoms with Crippen LogP contribution in [-0.4, -0.2) is 25.2 Å². The van der Waals surface area contributed by atoms with E-state index in [4.69, 9.17) is 0 Å². The van der Waals surface area contributed by atoms with Crippen LogP contribution in [0.2, 0.25) is 0 Å². The lowest BCUT2D eigenvalue weighted by atomic mass is 9.96. The zero-order valence-corrected chi connectivity index (χ0v) is 19.0. The molecule has 6 rings (SSSR count). The number of hydrogen-bond acceptors (Lipinski definition) is 3. The number of aryl methyl sites for hydroxylation is 1. The van der Waals surface area contributed by atoms with E-state index < -0.39 is 11.6 Å². The molecule has 0 bridgehead atoms. The second-order valence-electron chi connectivity index (χ2n) is 9.70. The Morgan fingerprint density at radius 2 is 1.79 bits per heavy atom. The number of nitrogens with one attached hydrogen (secondary N) is 1. The predicted molar refractivity (Wildman–Crippen MR) is 125 cm³/mol. The minimum Gasteiger partial charge on any atom is -0.327 e. The summed E-state index contributed by atoms with van der Waals surface area (Å²) in [6.07, 6.45) is 7.31. The molecule has 1 amide bonds. The van der Waals surface area contributed by atoms with Crippen LogP contribution < -0.4 is 5.32 Å². The van der Waals surface area contributed by atoms with Gasteiger partial charge >= 0.3 is 0 Å².